The van der Waals surface area contributed by atoms with Crippen LogP contribution in [-0.2, 0) is 9.53 Å². The third-order valence-corrected chi connectivity index (χ3v) is 3.47. The minimum absolute atomic E-state index is 0.00704. The third kappa shape index (κ3) is 2.16. The van der Waals surface area contributed by atoms with Gasteiger partial charge < -0.3 is 9.64 Å². The fourth-order valence-electron chi connectivity index (χ4n) is 2.48. The summed E-state index contributed by atoms with van der Waals surface area (Å²) in [6.07, 6.45) is 2.50. The zero-order valence-electron chi connectivity index (χ0n) is 9.53. The fraction of sp³-hybridized carbons (Fsp3) is 0.909. The number of ether oxygens (including phenoxy) is 1. The summed E-state index contributed by atoms with van der Waals surface area (Å²) in [5.74, 6) is 0.766. The zero-order valence-corrected chi connectivity index (χ0v) is 9.53. The van der Waals surface area contributed by atoms with E-state index >= 15 is 0 Å². The molecule has 0 aliphatic carbocycles. The average molecular weight is 212 g/mol. The van der Waals surface area contributed by atoms with Crippen LogP contribution in [0.1, 0.15) is 26.7 Å². The van der Waals surface area contributed by atoms with Gasteiger partial charge in [0.05, 0.1) is 18.8 Å². The van der Waals surface area contributed by atoms with Gasteiger partial charge in [-0.15, -0.1) is 0 Å². The van der Waals surface area contributed by atoms with Gasteiger partial charge in [-0.25, -0.2) is 0 Å². The molecule has 1 N–H and O–H groups in total. The predicted octanol–water partition coefficient (Wildman–Crippen LogP) is 0.579. The molecule has 2 aliphatic rings. The number of nitrogens with zero attached hydrogens (tertiary/aromatic N) is 1. The lowest BCUT2D eigenvalue weighted by atomic mass is 9.99. The van der Waals surface area contributed by atoms with Crippen LogP contribution in [-0.4, -0.2) is 42.8 Å². The first-order valence-electron chi connectivity index (χ1n) is 5.86. The second-order valence-electron chi connectivity index (χ2n) is 4.51. The maximum Gasteiger partial charge on any atom is 0.240 e. The van der Waals surface area contributed by atoms with Crippen LogP contribution in [0.5, 0.6) is 0 Å². The molecule has 1 amide bonds. The van der Waals surface area contributed by atoms with Gasteiger partial charge in [0.1, 0.15) is 0 Å². The summed E-state index contributed by atoms with van der Waals surface area (Å²) in [6, 6.07) is -0.00704. The molecule has 0 saturated carbocycles. The van der Waals surface area contributed by atoms with Crippen molar-refractivity contribution in [1.29, 1.82) is 0 Å². The first kappa shape index (κ1) is 10.9. The van der Waals surface area contributed by atoms with Gasteiger partial charge in [0.15, 0.2) is 0 Å². The van der Waals surface area contributed by atoms with Crippen LogP contribution >= 0.6 is 0 Å². The van der Waals surface area contributed by atoms with Crippen LogP contribution in [0.2, 0.25) is 0 Å². The van der Waals surface area contributed by atoms with E-state index in [0.717, 1.165) is 26.0 Å². The number of carbonyl (C=O) groups excluding carboxylic acids is 1. The highest BCUT2D eigenvalue weighted by molar-refractivity contribution is 5.83. The Bertz CT molecular complexity index is 245. The Balaban J connectivity index is 1.89. The molecule has 0 aromatic heterocycles. The highest BCUT2D eigenvalue weighted by Crippen LogP contribution is 2.24. The molecule has 2 aliphatic heterocycles. The Morgan fingerprint density at radius 2 is 2.40 bits per heavy atom. The van der Waals surface area contributed by atoms with Crippen molar-refractivity contribution in [3.8, 4) is 0 Å². The predicted molar refractivity (Wildman–Crippen MR) is 57.3 cm³/mol. The van der Waals surface area contributed by atoms with Crippen molar-refractivity contribution in [2.24, 2.45) is 5.92 Å². The SMILES string of the molecule is CCC1OCCC1CN1CNC(C)C1=O. The van der Waals surface area contributed by atoms with Crippen molar-refractivity contribution < 1.29 is 9.53 Å². The summed E-state index contributed by atoms with van der Waals surface area (Å²) in [5, 5.41) is 3.16. The van der Waals surface area contributed by atoms with Crippen molar-refractivity contribution in [3.05, 3.63) is 0 Å². The van der Waals surface area contributed by atoms with E-state index in [0.29, 0.717) is 18.7 Å². The molecule has 0 spiro atoms. The zero-order chi connectivity index (χ0) is 10.8. The van der Waals surface area contributed by atoms with Crippen LogP contribution in [0.15, 0.2) is 0 Å². The van der Waals surface area contributed by atoms with Crippen molar-refractivity contribution in [3.63, 3.8) is 0 Å². The molecule has 15 heavy (non-hydrogen) atoms. The smallest absolute Gasteiger partial charge is 0.240 e. The van der Waals surface area contributed by atoms with Gasteiger partial charge >= 0.3 is 0 Å². The van der Waals surface area contributed by atoms with Gasteiger partial charge in [0.2, 0.25) is 5.91 Å². The molecule has 0 aromatic rings. The van der Waals surface area contributed by atoms with Gasteiger partial charge in [0, 0.05) is 19.1 Å². The highest BCUT2D eigenvalue weighted by atomic mass is 16.5. The van der Waals surface area contributed by atoms with Gasteiger partial charge in [-0.1, -0.05) is 6.92 Å². The van der Waals surface area contributed by atoms with Gasteiger partial charge in [-0.3, -0.25) is 10.1 Å². The lowest BCUT2D eigenvalue weighted by Gasteiger charge is -2.23. The quantitative estimate of drug-likeness (QED) is 0.744. The van der Waals surface area contributed by atoms with Crippen molar-refractivity contribution in [2.75, 3.05) is 19.8 Å². The van der Waals surface area contributed by atoms with Crippen LogP contribution < -0.4 is 5.32 Å². The third-order valence-electron chi connectivity index (χ3n) is 3.47. The van der Waals surface area contributed by atoms with E-state index in [9.17, 15) is 4.79 Å². The Morgan fingerprint density at radius 1 is 1.60 bits per heavy atom. The average Bonchev–Trinajstić information content (AvgIpc) is 2.80. The molecular weight excluding hydrogens is 192 g/mol. The van der Waals surface area contributed by atoms with Gasteiger partial charge in [-0.05, 0) is 19.8 Å². The molecule has 86 valence electrons. The minimum atomic E-state index is -0.00704. The molecule has 2 rings (SSSR count). The summed E-state index contributed by atoms with van der Waals surface area (Å²) in [6.45, 7) is 6.48. The van der Waals surface area contributed by atoms with E-state index < -0.39 is 0 Å². The number of hydrogen-bond donors (Lipinski definition) is 1. The van der Waals surface area contributed by atoms with E-state index in [2.05, 4.69) is 12.2 Å². The van der Waals surface area contributed by atoms with Crippen LogP contribution in [0.4, 0.5) is 0 Å². The van der Waals surface area contributed by atoms with E-state index in [4.69, 9.17) is 4.74 Å². The highest BCUT2D eigenvalue weighted by Gasteiger charge is 2.33. The summed E-state index contributed by atoms with van der Waals surface area (Å²) in [7, 11) is 0. The Hall–Kier alpha value is -0.610. The van der Waals surface area contributed by atoms with Crippen LogP contribution in [0, 0.1) is 5.92 Å². The molecule has 2 fully saturated rings. The minimum Gasteiger partial charge on any atom is -0.378 e. The first-order valence-corrected chi connectivity index (χ1v) is 5.86. The Kier molecular flexibility index (Phi) is 3.26. The maximum atomic E-state index is 11.7. The summed E-state index contributed by atoms with van der Waals surface area (Å²) < 4.78 is 5.63. The second kappa shape index (κ2) is 4.49. The lowest BCUT2D eigenvalue weighted by Crippen LogP contribution is -2.35. The molecule has 3 atom stereocenters. The molecule has 0 bridgehead atoms. The molecule has 2 saturated heterocycles. The molecule has 0 aromatic carbocycles. The topological polar surface area (TPSA) is 41.6 Å². The standard InChI is InChI=1S/C11H20N2O2/c1-3-10-9(4-5-15-10)6-13-7-12-8(2)11(13)14/h8-10,12H,3-7H2,1-2H3. The maximum absolute atomic E-state index is 11.7. The largest absolute Gasteiger partial charge is 0.378 e. The van der Waals surface area contributed by atoms with Crippen molar-refractivity contribution in [2.45, 2.75) is 38.8 Å². The number of hydrogen-bond acceptors (Lipinski definition) is 3. The summed E-state index contributed by atoms with van der Waals surface area (Å²) in [5.41, 5.74) is 0. The summed E-state index contributed by atoms with van der Waals surface area (Å²) in [4.78, 5) is 13.6. The van der Waals surface area contributed by atoms with E-state index in [1.54, 1.807) is 0 Å². The van der Waals surface area contributed by atoms with Crippen molar-refractivity contribution >= 4 is 5.91 Å². The molecule has 3 unspecified atom stereocenters. The number of amides is 1. The van der Waals surface area contributed by atoms with E-state index in [-0.39, 0.29) is 11.9 Å². The van der Waals surface area contributed by atoms with E-state index in [1.165, 1.54) is 0 Å². The number of carbonyl (C=O) groups is 1. The lowest BCUT2D eigenvalue weighted by molar-refractivity contribution is -0.129. The van der Waals surface area contributed by atoms with Gasteiger partial charge in [-0.2, -0.15) is 0 Å². The number of rotatable bonds is 3. The molecule has 0 radical (unpaired) electrons. The molecule has 2 heterocycles. The molecule has 4 heteroatoms. The normalized spacial score (nSPS) is 36.5. The molecule has 4 nitrogen and oxygen atoms in total. The number of nitrogens with one attached hydrogen (secondary N) is 1. The van der Waals surface area contributed by atoms with Crippen LogP contribution in [0.25, 0.3) is 0 Å². The Labute approximate surface area is 91.0 Å². The Morgan fingerprint density at radius 3 is 3.00 bits per heavy atom. The van der Waals surface area contributed by atoms with Gasteiger partial charge in [0.25, 0.3) is 0 Å². The van der Waals surface area contributed by atoms with Crippen LogP contribution in [0.3, 0.4) is 0 Å². The summed E-state index contributed by atoms with van der Waals surface area (Å²) >= 11 is 0. The monoisotopic (exact) mass is 212 g/mol. The second-order valence-corrected chi connectivity index (χ2v) is 4.51. The molecular formula is C11H20N2O2. The van der Waals surface area contributed by atoms with Crippen molar-refractivity contribution in [1.82, 2.24) is 10.2 Å². The first-order chi connectivity index (χ1) is 7.22. The fourth-order valence-corrected chi connectivity index (χ4v) is 2.48. The van der Waals surface area contributed by atoms with E-state index in [1.807, 2.05) is 11.8 Å².